The summed E-state index contributed by atoms with van der Waals surface area (Å²) in [6.07, 6.45) is 0. The van der Waals surface area contributed by atoms with Crippen LogP contribution in [0.1, 0.15) is 6.92 Å². The predicted octanol–water partition coefficient (Wildman–Crippen LogP) is 2.83. The van der Waals surface area contributed by atoms with Gasteiger partial charge in [-0.05, 0) is 37.3 Å². The molecule has 6 heteroatoms. The van der Waals surface area contributed by atoms with Gasteiger partial charge in [-0.2, -0.15) is 0 Å². The zero-order valence-electron chi connectivity index (χ0n) is 10.2. The molecule has 0 unspecified atom stereocenters. The molecule has 0 saturated carbocycles. The average Bonchev–Trinajstić information content (AvgIpc) is 2.64. The molecule has 1 aromatic carbocycles. The molecule has 1 aromatic heterocycles. The van der Waals surface area contributed by atoms with Gasteiger partial charge in [0.15, 0.2) is 4.77 Å². The highest BCUT2D eigenvalue weighted by Gasteiger charge is 2.11. The number of nitrogens with one attached hydrogen (secondary N) is 1. The molecule has 1 amide bonds. The summed E-state index contributed by atoms with van der Waals surface area (Å²) >= 11 is 11.2. The van der Waals surface area contributed by atoms with Gasteiger partial charge < -0.3 is 14.5 Å². The number of fused-ring (bicyclic) bond motifs is 1. The van der Waals surface area contributed by atoms with Crippen molar-refractivity contribution < 1.29 is 4.79 Å². The van der Waals surface area contributed by atoms with Gasteiger partial charge in [0, 0.05) is 18.6 Å². The molecular formula is C12H14ClN3OS. The van der Waals surface area contributed by atoms with Gasteiger partial charge in [0.05, 0.1) is 11.0 Å². The molecule has 0 radical (unpaired) electrons. The van der Waals surface area contributed by atoms with E-state index in [2.05, 4.69) is 4.98 Å². The van der Waals surface area contributed by atoms with Crippen LogP contribution in [-0.2, 0) is 11.3 Å². The molecule has 0 spiro atoms. The minimum Gasteiger partial charge on any atom is -0.344 e. The molecule has 2 rings (SSSR count). The predicted molar refractivity (Wildman–Crippen MR) is 75.4 cm³/mol. The molecule has 2 aromatic rings. The second-order valence-electron chi connectivity index (χ2n) is 4.09. The van der Waals surface area contributed by atoms with Crippen molar-refractivity contribution >= 4 is 40.8 Å². The number of hydrogen-bond donors (Lipinski definition) is 1. The van der Waals surface area contributed by atoms with E-state index < -0.39 is 0 Å². The van der Waals surface area contributed by atoms with Crippen LogP contribution in [0.5, 0.6) is 0 Å². The summed E-state index contributed by atoms with van der Waals surface area (Å²) in [5.74, 6) is 0.0319. The van der Waals surface area contributed by atoms with Crippen molar-refractivity contribution in [1.82, 2.24) is 14.5 Å². The summed E-state index contributed by atoms with van der Waals surface area (Å²) in [6.45, 7) is 2.86. The number of nitrogens with zero attached hydrogens (tertiary/aromatic N) is 2. The Labute approximate surface area is 115 Å². The van der Waals surface area contributed by atoms with Crippen LogP contribution in [0.25, 0.3) is 11.0 Å². The lowest BCUT2D eigenvalue weighted by Gasteiger charge is -2.14. The van der Waals surface area contributed by atoms with Crippen molar-refractivity contribution in [3.05, 3.63) is 28.0 Å². The summed E-state index contributed by atoms with van der Waals surface area (Å²) in [5, 5.41) is 0.642. The fourth-order valence-corrected chi connectivity index (χ4v) is 2.17. The van der Waals surface area contributed by atoms with Gasteiger partial charge in [0.1, 0.15) is 6.54 Å². The molecule has 0 fully saturated rings. The molecule has 0 aliphatic carbocycles. The third-order valence-electron chi connectivity index (χ3n) is 2.93. The Kier molecular flexibility index (Phi) is 3.73. The molecule has 0 aliphatic rings. The zero-order chi connectivity index (χ0) is 13.3. The molecule has 0 saturated heterocycles. The highest BCUT2D eigenvalue weighted by molar-refractivity contribution is 7.71. The lowest BCUT2D eigenvalue weighted by Crippen LogP contribution is -2.29. The summed E-state index contributed by atoms with van der Waals surface area (Å²) in [4.78, 5) is 16.6. The maximum Gasteiger partial charge on any atom is 0.242 e. The monoisotopic (exact) mass is 283 g/mol. The zero-order valence-corrected chi connectivity index (χ0v) is 11.8. The minimum absolute atomic E-state index is 0.0319. The molecule has 0 bridgehead atoms. The van der Waals surface area contributed by atoms with Crippen molar-refractivity contribution in [3.63, 3.8) is 0 Å². The van der Waals surface area contributed by atoms with Crippen LogP contribution >= 0.6 is 23.8 Å². The van der Waals surface area contributed by atoms with Crippen LogP contribution in [0.4, 0.5) is 0 Å². The van der Waals surface area contributed by atoms with Gasteiger partial charge in [0.25, 0.3) is 0 Å². The number of likely N-dealkylation sites (N-methyl/N-ethyl adjacent to an activating group) is 1. The Bertz CT molecular complexity index is 646. The van der Waals surface area contributed by atoms with E-state index in [9.17, 15) is 4.79 Å². The number of hydrogen-bond acceptors (Lipinski definition) is 2. The number of carbonyl (C=O) groups is 1. The Morgan fingerprint density at radius 1 is 1.56 bits per heavy atom. The number of benzene rings is 1. The quantitative estimate of drug-likeness (QED) is 0.880. The highest BCUT2D eigenvalue weighted by Crippen LogP contribution is 2.19. The van der Waals surface area contributed by atoms with Crippen LogP contribution in [0, 0.1) is 4.77 Å². The third-order valence-corrected chi connectivity index (χ3v) is 3.49. The third kappa shape index (κ3) is 2.42. The van der Waals surface area contributed by atoms with Crippen LogP contribution in [0.2, 0.25) is 5.02 Å². The number of amides is 1. The summed E-state index contributed by atoms with van der Waals surface area (Å²) in [7, 11) is 1.78. The average molecular weight is 284 g/mol. The van der Waals surface area contributed by atoms with Crippen LogP contribution in [0.3, 0.4) is 0 Å². The first-order valence-electron chi connectivity index (χ1n) is 5.65. The van der Waals surface area contributed by atoms with Crippen molar-refractivity contribution in [1.29, 1.82) is 0 Å². The lowest BCUT2D eigenvalue weighted by atomic mass is 10.3. The number of carbonyl (C=O) groups excluding carboxylic acids is 1. The molecule has 0 atom stereocenters. The first-order chi connectivity index (χ1) is 8.52. The number of rotatable bonds is 3. The number of aromatic amines is 1. The Morgan fingerprint density at radius 2 is 2.28 bits per heavy atom. The maximum atomic E-state index is 11.9. The summed E-state index contributed by atoms with van der Waals surface area (Å²) in [5.41, 5.74) is 1.74. The standard InChI is InChI=1S/C12H14ClN3OS/c1-3-15(2)11(17)7-16-10-5-4-8(13)6-9(10)14-12(16)18/h4-6H,3,7H2,1-2H3,(H,14,18). The van der Waals surface area contributed by atoms with Crippen molar-refractivity contribution in [2.24, 2.45) is 0 Å². The van der Waals surface area contributed by atoms with E-state index in [0.29, 0.717) is 16.3 Å². The highest BCUT2D eigenvalue weighted by atomic mass is 35.5. The smallest absolute Gasteiger partial charge is 0.242 e. The largest absolute Gasteiger partial charge is 0.344 e. The van der Waals surface area contributed by atoms with E-state index in [1.807, 2.05) is 13.0 Å². The molecule has 1 N–H and O–H groups in total. The van der Waals surface area contributed by atoms with E-state index >= 15 is 0 Å². The van der Waals surface area contributed by atoms with Gasteiger partial charge in [-0.25, -0.2) is 0 Å². The summed E-state index contributed by atoms with van der Waals surface area (Å²) < 4.78 is 2.32. The van der Waals surface area contributed by atoms with Gasteiger partial charge in [-0.1, -0.05) is 11.6 Å². The fraction of sp³-hybridized carbons (Fsp3) is 0.333. The fourth-order valence-electron chi connectivity index (χ4n) is 1.73. The summed E-state index contributed by atoms with van der Waals surface area (Å²) in [6, 6.07) is 5.46. The Balaban J connectivity index is 2.42. The topological polar surface area (TPSA) is 41.0 Å². The van der Waals surface area contributed by atoms with Crippen LogP contribution in [-0.4, -0.2) is 34.0 Å². The second-order valence-corrected chi connectivity index (χ2v) is 4.91. The first-order valence-corrected chi connectivity index (χ1v) is 6.43. The normalized spacial score (nSPS) is 10.8. The molecule has 18 heavy (non-hydrogen) atoms. The van der Waals surface area contributed by atoms with Gasteiger partial charge in [-0.3, -0.25) is 4.79 Å². The number of H-pyrrole nitrogens is 1. The minimum atomic E-state index is 0.0319. The lowest BCUT2D eigenvalue weighted by molar-refractivity contribution is -0.130. The van der Waals surface area contributed by atoms with E-state index in [1.165, 1.54) is 0 Å². The van der Waals surface area contributed by atoms with Crippen molar-refractivity contribution in [2.75, 3.05) is 13.6 Å². The molecule has 4 nitrogen and oxygen atoms in total. The van der Waals surface area contributed by atoms with Crippen molar-refractivity contribution in [3.8, 4) is 0 Å². The number of halogens is 1. The maximum absolute atomic E-state index is 11.9. The second kappa shape index (κ2) is 5.12. The van der Waals surface area contributed by atoms with Crippen LogP contribution in [0.15, 0.2) is 18.2 Å². The van der Waals surface area contributed by atoms with Gasteiger partial charge in [-0.15, -0.1) is 0 Å². The SMILES string of the molecule is CCN(C)C(=O)Cn1c(=S)[nH]c2cc(Cl)ccc21. The van der Waals surface area contributed by atoms with Gasteiger partial charge >= 0.3 is 0 Å². The Hall–Kier alpha value is -1.33. The van der Waals surface area contributed by atoms with Crippen LogP contribution < -0.4 is 0 Å². The van der Waals surface area contributed by atoms with E-state index in [4.69, 9.17) is 23.8 Å². The van der Waals surface area contributed by atoms with Crippen molar-refractivity contribution in [2.45, 2.75) is 13.5 Å². The van der Waals surface area contributed by atoms with E-state index in [-0.39, 0.29) is 12.5 Å². The molecule has 0 aliphatic heterocycles. The Morgan fingerprint density at radius 3 is 2.94 bits per heavy atom. The number of aromatic nitrogens is 2. The van der Waals surface area contributed by atoms with E-state index in [1.54, 1.807) is 28.6 Å². The van der Waals surface area contributed by atoms with Gasteiger partial charge in [0.2, 0.25) is 5.91 Å². The molecule has 1 heterocycles. The first kappa shape index (κ1) is 13.1. The molecular weight excluding hydrogens is 270 g/mol. The number of imidazole rings is 1. The molecule has 96 valence electrons. The van der Waals surface area contributed by atoms with E-state index in [0.717, 1.165) is 11.0 Å².